The molecule has 0 saturated carbocycles. The molecule has 1 unspecified atom stereocenters. The van der Waals surface area contributed by atoms with Crippen molar-refractivity contribution in [3.8, 4) is 0 Å². The highest BCUT2D eigenvalue weighted by Gasteiger charge is 2.19. The second-order valence-corrected chi connectivity index (χ2v) is 5.80. The number of pyridine rings is 1. The number of nitrogens with zero attached hydrogens (tertiary/aromatic N) is 1. The highest BCUT2D eigenvalue weighted by molar-refractivity contribution is 9.10. The van der Waals surface area contributed by atoms with Crippen molar-refractivity contribution in [2.24, 2.45) is 0 Å². The Bertz CT molecular complexity index is 616. The van der Waals surface area contributed by atoms with Crippen molar-refractivity contribution in [3.63, 3.8) is 0 Å². The SMILES string of the molecule is O=C(O)CC(NC(=O)c1ccnc(Br)c1)c1cccs1. The zero-order chi connectivity index (χ0) is 14.5. The lowest BCUT2D eigenvalue weighted by Gasteiger charge is -2.15. The smallest absolute Gasteiger partial charge is 0.305 e. The van der Waals surface area contributed by atoms with Crippen molar-refractivity contribution in [2.45, 2.75) is 12.5 Å². The molecule has 5 nitrogen and oxygen atoms in total. The van der Waals surface area contributed by atoms with Gasteiger partial charge in [0.05, 0.1) is 12.5 Å². The van der Waals surface area contributed by atoms with E-state index in [0.717, 1.165) is 4.88 Å². The molecule has 1 amide bonds. The molecule has 0 aliphatic rings. The van der Waals surface area contributed by atoms with E-state index in [1.807, 2.05) is 11.4 Å². The molecule has 2 aromatic rings. The van der Waals surface area contributed by atoms with E-state index in [2.05, 4.69) is 26.2 Å². The van der Waals surface area contributed by atoms with Gasteiger partial charge in [0, 0.05) is 16.6 Å². The Morgan fingerprint density at radius 2 is 2.25 bits per heavy atom. The minimum atomic E-state index is -0.959. The van der Waals surface area contributed by atoms with Gasteiger partial charge in [0.2, 0.25) is 0 Å². The van der Waals surface area contributed by atoms with Crippen molar-refractivity contribution in [2.75, 3.05) is 0 Å². The first-order valence-corrected chi connectivity index (χ1v) is 7.41. The third-order valence-corrected chi connectivity index (χ3v) is 3.98. The van der Waals surface area contributed by atoms with Gasteiger partial charge >= 0.3 is 5.97 Å². The Labute approximate surface area is 127 Å². The molecule has 104 valence electrons. The number of thiophene rings is 1. The zero-order valence-electron chi connectivity index (χ0n) is 10.2. The second-order valence-electron chi connectivity index (χ2n) is 4.01. The fraction of sp³-hybridized carbons (Fsp3) is 0.154. The molecule has 0 fully saturated rings. The quantitative estimate of drug-likeness (QED) is 0.809. The maximum Gasteiger partial charge on any atom is 0.305 e. The first kappa shape index (κ1) is 14.7. The van der Waals surface area contributed by atoms with Crippen molar-refractivity contribution in [1.82, 2.24) is 10.3 Å². The average molecular weight is 355 g/mol. The zero-order valence-corrected chi connectivity index (χ0v) is 12.6. The third kappa shape index (κ3) is 3.88. The normalized spacial score (nSPS) is 11.8. The van der Waals surface area contributed by atoms with Gasteiger partial charge in [-0.25, -0.2) is 4.98 Å². The first-order valence-electron chi connectivity index (χ1n) is 5.74. The predicted octanol–water partition coefficient (Wildman–Crippen LogP) is 2.85. The molecule has 2 aromatic heterocycles. The molecule has 0 saturated heterocycles. The van der Waals surface area contributed by atoms with E-state index in [4.69, 9.17) is 5.11 Å². The van der Waals surface area contributed by atoms with E-state index >= 15 is 0 Å². The largest absolute Gasteiger partial charge is 0.481 e. The number of aromatic nitrogens is 1. The van der Waals surface area contributed by atoms with Crippen LogP contribution in [0.2, 0.25) is 0 Å². The van der Waals surface area contributed by atoms with Gasteiger partial charge in [-0.3, -0.25) is 9.59 Å². The molecule has 7 heteroatoms. The van der Waals surface area contributed by atoms with Crippen LogP contribution in [0.25, 0.3) is 0 Å². The van der Waals surface area contributed by atoms with Gasteiger partial charge in [0.15, 0.2) is 0 Å². The maximum atomic E-state index is 12.1. The number of hydrogen-bond donors (Lipinski definition) is 2. The van der Waals surface area contributed by atoms with E-state index < -0.39 is 12.0 Å². The molecule has 0 spiro atoms. The minimum Gasteiger partial charge on any atom is -0.481 e. The van der Waals surface area contributed by atoms with Crippen molar-refractivity contribution in [3.05, 3.63) is 50.9 Å². The van der Waals surface area contributed by atoms with Crippen LogP contribution in [0.4, 0.5) is 0 Å². The molecule has 2 heterocycles. The molecule has 2 N–H and O–H groups in total. The Kier molecular flexibility index (Phi) is 4.86. The van der Waals surface area contributed by atoms with Gasteiger partial charge in [0.1, 0.15) is 4.60 Å². The summed E-state index contributed by atoms with van der Waals surface area (Å²) in [6.45, 7) is 0. The number of carbonyl (C=O) groups is 2. The molecule has 0 bridgehead atoms. The van der Waals surface area contributed by atoms with Crippen LogP contribution in [0.15, 0.2) is 40.4 Å². The van der Waals surface area contributed by atoms with Gasteiger partial charge in [-0.1, -0.05) is 6.07 Å². The van der Waals surface area contributed by atoms with Gasteiger partial charge in [-0.05, 0) is 39.5 Å². The van der Waals surface area contributed by atoms with Crippen LogP contribution in [-0.4, -0.2) is 22.0 Å². The molecular weight excluding hydrogens is 344 g/mol. The summed E-state index contributed by atoms with van der Waals surface area (Å²) >= 11 is 4.61. The second kappa shape index (κ2) is 6.62. The number of aliphatic carboxylic acids is 1. The lowest BCUT2D eigenvalue weighted by atomic mass is 10.1. The molecule has 0 aromatic carbocycles. The van der Waals surface area contributed by atoms with Gasteiger partial charge in [-0.2, -0.15) is 0 Å². The molecule has 20 heavy (non-hydrogen) atoms. The number of hydrogen-bond acceptors (Lipinski definition) is 4. The van der Waals surface area contributed by atoms with Crippen LogP contribution in [0.5, 0.6) is 0 Å². The van der Waals surface area contributed by atoms with Gasteiger partial charge < -0.3 is 10.4 Å². The van der Waals surface area contributed by atoms with E-state index in [-0.39, 0.29) is 12.3 Å². The molecule has 0 aliphatic carbocycles. The molecule has 2 rings (SSSR count). The minimum absolute atomic E-state index is 0.154. The summed E-state index contributed by atoms with van der Waals surface area (Å²) in [6.07, 6.45) is 1.36. The standard InChI is InChI=1S/C13H11BrN2O3S/c14-11-6-8(3-4-15-11)13(19)16-9(7-12(17)18)10-2-1-5-20-10/h1-6,9H,7H2,(H,16,19)(H,17,18). The number of carboxylic acids is 1. The van der Waals surface area contributed by atoms with E-state index in [1.165, 1.54) is 17.5 Å². The fourth-order valence-electron chi connectivity index (χ4n) is 1.67. The summed E-state index contributed by atoms with van der Waals surface area (Å²) in [5.41, 5.74) is 0.429. The summed E-state index contributed by atoms with van der Waals surface area (Å²) in [5.74, 6) is -1.28. The Morgan fingerprint density at radius 3 is 2.85 bits per heavy atom. The number of rotatable bonds is 5. The molecule has 1 atom stereocenters. The van der Waals surface area contributed by atoms with Crippen LogP contribution in [0.1, 0.15) is 27.7 Å². The highest BCUT2D eigenvalue weighted by Crippen LogP contribution is 2.22. The number of carbonyl (C=O) groups excluding carboxylic acids is 1. The first-order chi connectivity index (χ1) is 9.56. The average Bonchev–Trinajstić information content (AvgIpc) is 2.91. The van der Waals surface area contributed by atoms with Crippen LogP contribution in [0, 0.1) is 0 Å². The van der Waals surface area contributed by atoms with Crippen LogP contribution >= 0.6 is 27.3 Å². The van der Waals surface area contributed by atoms with Crippen LogP contribution in [0.3, 0.4) is 0 Å². The molecule has 0 aliphatic heterocycles. The molecule has 0 radical (unpaired) electrons. The van der Waals surface area contributed by atoms with Crippen LogP contribution in [-0.2, 0) is 4.79 Å². The summed E-state index contributed by atoms with van der Waals surface area (Å²) in [5, 5.41) is 13.5. The number of nitrogens with one attached hydrogen (secondary N) is 1. The molecular formula is C13H11BrN2O3S. The highest BCUT2D eigenvalue weighted by atomic mass is 79.9. The Morgan fingerprint density at radius 1 is 1.45 bits per heavy atom. The van der Waals surface area contributed by atoms with E-state index in [0.29, 0.717) is 10.2 Å². The Hall–Kier alpha value is -1.73. The van der Waals surface area contributed by atoms with Gasteiger partial charge in [0.25, 0.3) is 5.91 Å². The predicted molar refractivity (Wildman–Crippen MR) is 78.7 cm³/mol. The lowest BCUT2D eigenvalue weighted by molar-refractivity contribution is -0.137. The number of amides is 1. The summed E-state index contributed by atoms with van der Waals surface area (Å²) in [7, 11) is 0. The number of halogens is 1. The van der Waals surface area contributed by atoms with Crippen LogP contribution < -0.4 is 5.32 Å². The van der Waals surface area contributed by atoms with E-state index in [9.17, 15) is 9.59 Å². The lowest BCUT2D eigenvalue weighted by Crippen LogP contribution is -2.29. The van der Waals surface area contributed by atoms with E-state index in [1.54, 1.807) is 18.2 Å². The van der Waals surface area contributed by atoms with Gasteiger partial charge in [-0.15, -0.1) is 11.3 Å². The van der Waals surface area contributed by atoms with Crippen molar-refractivity contribution < 1.29 is 14.7 Å². The summed E-state index contributed by atoms with van der Waals surface area (Å²) < 4.78 is 0.552. The number of carboxylic acid groups (broad SMARTS) is 1. The maximum absolute atomic E-state index is 12.1. The third-order valence-electron chi connectivity index (χ3n) is 2.56. The topological polar surface area (TPSA) is 79.3 Å². The monoisotopic (exact) mass is 354 g/mol. The summed E-state index contributed by atoms with van der Waals surface area (Å²) in [6, 6.07) is 6.26. The van der Waals surface area contributed by atoms with Crippen molar-refractivity contribution >= 4 is 39.1 Å². The van der Waals surface area contributed by atoms with Crippen molar-refractivity contribution in [1.29, 1.82) is 0 Å². The Balaban J connectivity index is 2.15. The fourth-order valence-corrected chi connectivity index (χ4v) is 2.81. The summed E-state index contributed by atoms with van der Waals surface area (Å²) in [4.78, 5) is 27.8.